The van der Waals surface area contributed by atoms with Crippen molar-refractivity contribution in [2.45, 2.75) is 0 Å². The van der Waals surface area contributed by atoms with Crippen LogP contribution in [-0.2, 0) is 0 Å². The van der Waals surface area contributed by atoms with Gasteiger partial charge in [0.05, 0.1) is 39.1 Å². The number of hydrogen-bond donors (Lipinski definition) is 0. The summed E-state index contributed by atoms with van der Waals surface area (Å²) in [4.78, 5) is 4.87. The van der Waals surface area contributed by atoms with E-state index in [1.165, 1.54) is 27.1 Å². The van der Waals surface area contributed by atoms with Gasteiger partial charge in [-0.05, 0) is 97.1 Å². The molecule has 58 heavy (non-hydrogen) atoms. The molecule has 0 saturated carbocycles. The zero-order chi connectivity index (χ0) is 38.4. The van der Waals surface area contributed by atoms with E-state index in [2.05, 4.69) is 249 Å². The van der Waals surface area contributed by atoms with Crippen molar-refractivity contribution in [2.75, 3.05) is 9.80 Å². The highest BCUT2D eigenvalue weighted by molar-refractivity contribution is 6.20. The summed E-state index contributed by atoms with van der Waals surface area (Å²) in [7, 11) is 0. The average molecular weight is 743 g/mol. The molecule has 0 spiro atoms. The molecule has 0 amide bonds. The van der Waals surface area contributed by atoms with Crippen LogP contribution in [0.4, 0.5) is 34.1 Å². The van der Waals surface area contributed by atoms with E-state index in [0.717, 1.165) is 62.0 Å². The maximum Gasteiger partial charge on any atom is 0.0583 e. The summed E-state index contributed by atoms with van der Waals surface area (Å²) in [6.45, 7) is 0. The normalized spacial score (nSPS) is 11.4. The first-order valence-electron chi connectivity index (χ1n) is 19.8. The van der Waals surface area contributed by atoms with Crippen LogP contribution in [0.5, 0.6) is 0 Å². The number of anilines is 6. The molecule has 274 valence electrons. The summed E-state index contributed by atoms with van der Waals surface area (Å²) in [5.74, 6) is 0. The number of nitrogens with zero attached hydrogens (tertiary/aromatic N) is 4. The van der Waals surface area contributed by atoms with Crippen LogP contribution < -0.4 is 9.80 Å². The topological polar surface area (TPSA) is 16.3 Å². The molecule has 11 aromatic rings. The molecule has 2 aromatic heterocycles. The molecule has 2 heterocycles. The second kappa shape index (κ2) is 14.0. The van der Waals surface area contributed by atoms with Crippen LogP contribution >= 0.6 is 0 Å². The number of hydrogen-bond acceptors (Lipinski definition) is 2. The maximum atomic E-state index is 2.45. The fourth-order valence-electron chi connectivity index (χ4n) is 8.85. The molecule has 0 bridgehead atoms. The summed E-state index contributed by atoms with van der Waals surface area (Å²) in [6.07, 6.45) is 0. The Bertz CT molecular complexity index is 3170. The Morgan fingerprint density at radius 3 is 1.14 bits per heavy atom. The second-order valence-corrected chi connectivity index (χ2v) is 14.6. The van der Waals surface area contributed by atoms with E-state index >= 15 is 0 Å². The third-order valence-electron chi connectivity index (χ3n) is 11.2. The molecule has 0 fully saturated rings. The van der Waals surface area contributed by atoms with Gasteiger partial charge >= 0.3 is 0 Å². The molecular formula is C54H38N4. The number of benzene rings is 9. The largest absolute Gasteiger partial charge is 0.310 e. The van der Waals surface area contributed by atoms with Gasteiger partial charge in [0.2, 0.25) is 0 Å². The summed E-state index contributed by atoms with van der Waals surface area (Å²) >= 11 is 0. The molecule has 0 atom stereocenters. The van der Waals surface area contributed by atoms with Gasteiger partial charge in [-0.25, -0.2) is 0 Å². The fourth-order valence-corrected chi connectivity index (χ4v) is 8.85. The van der Waals surface area contributed by atoms with Crippen molar-refractivity contribution >= 4 is 77.7 Å². The van der Waals surface area contributed by atoms with E-state index in [4.69, 9.17) is 0 Å². The predicted molar refractivity (Wildman–Crippen MR) is 244 cm³/mol. The van der Waals surface area contributed by atoms with Gasteiger partial charge in [-0.1, -0.05) is 133 Å². The van der Waals surface area contributed by atoms with E-state index < -0.39 is 0 Å². The SMILES string of the molecule is c1ccc(N(c2cc(N(c3ccccc3)c3ccccc3)c3c4ccccc4n(-c4ccccc4)c3c2)c2cccc3c2c2ccccc2n3-c2ccccc2)cc1. The van der Waals surface area contributed by atoms with Gasteiger partial charge in [0.1, 0.15) is 0 Å². The Hall–Kier alpha value is -7.82. The Kier molecular flexibility index (Phi) is 8.11. The van der Waals surface area contributed by atoms with Crippen molar-refractivity contribution in [3.8, 4) is 11.4 Å². The lowest BCUT2D eigenvalue weighted by molar-refractivity contribution is 1.17. The number of aromatic nitrogens is 2. The number of para-hydroxylation sites is 7. The van der Waals surface area contributed by atoms with Crippen molar-refractivity contribution in [3.05, 3.63) is 231 Å². The summed E-state index contributed by atoms with van der Waals surface area (Å²) in [5, 5.41) is 4.77. The van der Waals surface area contributed by atoms with E-state index in [1.807, 2.05) is 0 Å². The van der Waals surface area contributed by atoms with Crippen molar-refractivity contribution in [1.29, 1.82) is 0 Å². The standard InChI is InChI=1S/C54H38N4/c1-6-21-39(22-7-1)55(40-23-8-2-9-24-40)51-37-44(38-52-54(51)46-32-17-19-34-48(46)58(52)43-29-14-5-15-30-43)56(41-25-10-3-11-26-41)49-35-20-36-50-53(49)45-31-16-18-33-47(45)57(50)42-27-12-4-13-28-42/h1-38H. The molecule has 0 unspecified atom stereocenters. The van der Waals surface area contributed by atoms with Crippen LogP contribution in [0.15, 0.2) is 231 Å². The summed E-state index contributed by atoms with van der Waals surface area (Å²) in [5.41, 5.74) is 13.3. The van der Waals surface area contributed by atoms with Gasteiger partial charge in [-0.3, -0.25) is 0 Å². The van der Waals surface area contributed by atoms with Crippen LogP contribution in [0, 0.1) is 0 Å². The first kappa shape index (κ1) is 33.5. The molecule has 0 radical (unpaired) electrons. The van der Waals surface area contributed by atoms with Crippen molar-refractivity contribution in [1.82, 2.24) is 9.13 Å². The number of rotatable bonds is 8. The Labute approximate surface area is 337 Å². The maximum absolute atomic E-state index is 2.45. The van der Waals surface area contributed by atoms with Gasteiger partial charge in [0.25, 0.3) is 0 Å². The highest BCUT2D eigenvalue weighted by Gasteiger charge is 2.26. The molecule has 9 aromatic carbocycles. The predicted octanol–water partition coefficient (Wildman–Crippen LogP) is 14.8. The summed E-state index contributed by atoms with van der Waals surface area (Å²) in [6, 6.07) is 82.9. The quantitative estimate of drug-likeness (QED) is 0.154. The van der Waals surface area contributed by atoms with Crippen molar-refractivity contribution in [2.24, 2.45) is 0 Å². The van der Waals surface area contributed by atoms with Crippen LogP contribution in [0.1, 0.15) is 0 Å². The lowest BCUT2D eigenvalue weighted by Gasteiger charge is -2.31. The smallest absolute Gasteiger partial charge is 0.0583 e. The minimum atomic E-state index is 1.05. The molecule has 4 nitrogen and oxygen atoms in total. The molecule has 11 rings (SSSR count). The Morgan fingerprint density at radius 1 is 0.259 bits per heavy atom. The molecule has 0 N–H and O–H groups in total. The lowest BCUT2D eigenvalue weighted by Crippen LogP contribution is -2.14. The van der Waals surface area contributed by atoms with E-state index in [0.29, 0.717) is 0 Å². The number of fused-ring (bicyclic) bond motifs is 6. The van der Waals surface area contributed by atoms with Crippen LogP contribution in [0.2, 0.25) is 0 Å². The Morgan fingerprint density at radius 2 is 0.638 bits per heavy atom. The third kappa shape index (κ3) is 5.46. The first-order valence-corrected chi connectivity index (χ1v) is 19.8. The minimum Gasteiger partial charge on any atom is -0.310 e. The van der Waals surface area contributed by atoms with Gasteiger partial charge in [-0.2, -0.15) is 0 Å². The summed E-state index contributed by atoms with van der Waals surface area (Å²) < 4.78 is 4.82. The van der Waals surface area contributed by atoms with Crippen LogP contribution in [0.25, 0.3) is 55.0 Å². The molecule has 0 saturated heterocycles. The minimum absolute atomic E-state index is 1.05. The molecule has 0 aliphatic carbocycles. The zero-order valence-corrected chi connectivity index (χ0v) is 31.7. The molecule has 0 aliphatic rings. The van der Waals surface area contributed by atoms with Gasteiger partial charge in [-0.15, -0.1) is 0 Å². The Balaban J connectivity index is 1.29. The van der Waals surface area contributed by atoms with Gasteiger partial charge in [0, 0.05) is 50.0 Å². The average Bonchev–Trinajstić information content (AvgIpc) is 3.82. The fraction of sp³-hybridized carbons (Fsp3) is 0. The third-order valence-corrected chi connectivity index (χ3v) is 11.2. The van der Waals surface area contributed by atoms with E-state index in [9.17, 15) is 0 Å². The van der Waals surface area contributed by atoms with Crippen molar-refractivity contribution in [3.63, 3.8) is 0 Å². The first-order chi connectivity index (χ1) is 28.8. The van der Waals surface area contributed by atoms with Crippen molar-refractivity contribution < 1.29 is 0 Å². The molecular weight excluding hydrogens is 705 g/mol. The monoisotopic (exact) mass is 742 g/mol. The van der Waals surface area contributed by atoms with E-state index in [1.54, 1.807) is 0 Å². The zero-order valence-electron chi connectivity index (χ0n) is 31.7. The molecule has 0 aliphatic heterocycles. The molecule has 4 heteroatoms. The highest BCUT2D eigenvalue weighted by atomic mass is 15.2. The van der Waals surface area contributed by atoms with E-state index in [-0.39, 0.29) is 0 Å². The highest BCUT2D eigenvalue weighted by Crippen LogP contribution is 2.50. The van der Waals surface area contributed by atoms with Gasteiger partial charge in [0.15, 0.2) is 0 Å². The lowest BCUT2D eigenvalue weighted by atomic mass is 10.0. The second-order valence-electron chi connectivity index (χ2n) is 14.6. The van der Waals surface area contributed by atoms with Crippen LogP contribution in [-0.4, -0.2) is 9.13 Å². The van der Waals surface area contributed by atoms with Crippen LogP contribution in [0.3, 0.4) is 0 Å². The van der Waals surface area contributed by atoms with Gasteiger partial charge < -0.3 is 18.9 Å².